The SMILES string of the molecule is COC(=O)/C=C1\CCCCN1C(=O)[C@H](C)Cl. The Morgan fingerprint density at radius 1 is 1.50 bits per heavy atom. The fourth-order valence-corrected chi connectivity index (χ4v) is 1.78. The number of alkyl halides is 1. The second-order valence-corrected chi connectivity index (χ2v) is 4.38. The van der Waals surface area contributed by atoms with E-state index in [1.165, 1.54) is 13.2 Å². The summed E-state index contributed by atoms with van der Waals surface area (Å²) in [6, 6.07) is 0. The molecule has 1 atom stereocenters. The standard InChI is InChI=1S/C11H16ClNO3/c1-8(12)11(15)13-6-4-3-5-9(13)7-10(14)16-2/h7-8H,3-6H2,1-2H3/b9-7+/t8-/m0/s1. The monoisotopic (exact) mass is 245 g/mol. The Balaban J connectivity index is 2.83. The second-order valence-electron chi connectivity index (χ2n) is 3.72. The lowest BCUT2D eigenvalue weighted by Gasteiger charge is -2.30. The maximum absolute atomic E-state index is 11.8. The van der Waals surface area contributed by atoms with Crippen molar-refractivity contribution in [3.8, 4) is 0 Å². The van der Waals surface area contributed by atoms with E-state index in [2.05, 4.69) is 4.74 Å². The van der Waals surface area contributed by atoms with Crippen molar-refractivity contribution >= 4 is 23.5 Å². The minimum atomic E-state index is -0.570. The summed E-state index contributed by atoms with van der Waals surface area (Å²) in [4.78, 5) is 24.5. The molecular formula is C11H16ClNO3. The molecular weight excluding hydrogens is 230 g/mol. The molecule has 0 bridgehead atoms. The molecule has 0 N–H and O–H groups in total. The zero-order chi connectivity index (χ0) is 12.1. The maximum atomic E-state index is 11.8. The fraction of sp³-hybridized carbons (Fsp3) is 0.636. The van der Waals surface area contributed by atoms with E-state index in [4.69, 9.17) is 11.6 Å². The Labute approximate surface area is 100 Å². The molecule has 1 fully saturated rings. The van der Waals surface area contributed by atoms with Gasteiger partial charge in [0.05, 0.1) is 7.11 Å². The summed E-state index contributed by atoms with van der Waals surface area (Å²) >= 11 is 5.76. The minimum Gasteiger partial charge on any atom is -0.466 e. The Kier molecular flexibility index (Phi) is 4.80. The zero-order valence-electron chi connectivity index (χ0n) is 9.53. The second kappa shape index (κ2) is 5.89. The lowest BCUT2D eigenvalue weighted by molar-refractivity contribution is -0.135. The number of carbonyl (C=O) groups is 2. The lowest BCUT2D eigenvalue weighted by Crippen LogP contribution is -2.38. The number of amides is 1. The van der Waals surface area contributed by atoms with Crippen LogP contribution in [-0.4, -0.2) is 35.8 Å². The number of hydrogen-bond donors (Lipinski definition) is 0. The summed E-state index contributed by atoms with van der Waals surface area (Å²) in [6.07, 6.45) is 4.00. The van der Waals surface area contributed by atoms with Crippen LogP contribution < -0.4 is 0 Å². The third-order valence-electron chi connectivity index (χ3n) is 2.50. The predicted octanol–water partition coefficient (Wildman–Crippen LogP) is 1.68. The van der Waals surface area contributed by atoms with E-state index in [0.29, 0.717) is 18.7 Å². The number of rotatable bonds is 2. The van der Waals surface area contributed by atoms with Gasteiger partial charge in [-0.1, -0.05) is 0 Å². The van der Waals surface area contributed by atoms with Crippen LogP contribution in [0.4, 0.5) is 0 Å². The van der Waals surface area contributed by atoms with Gasteiger partial charge in [0.25, 0.3) is 0 Å². The number of nitrogens with zero attached hydrogens (tertiary/aromatic N) is 1. The molecule has 0 aromatic carbocycles. The highest BCUT2D eigenvalue weighted by atomic mass is 35.5. The third kappa shape index (κ3) is 3.23. The van der Waals surface area contributed by atoms with Crippen molar-refractivity contribution in [3.05, 3.63) is 11.8 Å². The van der Waals surface area contributed by atoms with Gasteiger partial charge in [0.1, 0.15) is 5.38 Å². The summed E-state index contributed by atoms with van der Waals surface area (Å²) in [5, 5.41) is -0.570. The fourth-order valence-electron chi connectivity index (χ4n) is 1.67. The van der Waals surface area contributed by atoms with Crippen molar-refractivity contribution in [3.63, 3.8) is 0 Å². The number of esters is 1. The molecule has 90 valence electrons. The van der Waals surface area contributed by atoms with Crippen molar-refractivity contribution in [1.29, 1.82) is 0 Å². The van der Waals surface area contributed by atoms with Crippen LogP contribution in [0, 0.1) is 0 Å². The molecule has 1 rings (SSSR count). The van der Waals surface area contributed by atoms with Crippen molar-refractivity contribution in [2.45, 2.75) is 31.6 Å². The molecule has 0 saturated carbocycles. The molecule has 0 spiro atoms. The number of methoxy groups -OCH3 is 1. The molecule has 1 aliphatic heterocycles. The van der Waals surface area contributed by atoms with Crippen LogP contribution in [0.1, 0.15) is 26.2 Å². The van der Waals surface area contributed by atoms with Crippen molar-refractivity contribution in [2.75, 3.05) is 13.7 Å². The van der Waals surface area contributed by atoms with Crippen LogP contribution >= 0.6 is 11.6 Å². The normalized spacial score (nSPS) is 20.7. The van der Waals surface area contributed by atoms with Crippen molar-refractivity contribution in [2.24, 2.45) is 0 Å². The smallest absolute Gasteiger partial charge is 0.332 e. The van der Waals surface area contributed by atoms with Crippen LogP contribution in [-0.2, 0) is 14.3 Å². The topological polar surface area (TPSA) is 46.6 Å². The van der Waals surface area contributed by atoms with Gasteiger partial charge in [-0.2, -0.15) is 0 Å². The van der Waals surface area contributed by atoms with E-state index in [9.17, 15) is 9.59 Å². The number of carbonyl (C=O) groups excluding carboxylic acids is 2. The van der Waals surface area contributed by atoms with Gasteiger partial charge in [0, 0.05) is 18.3 Å². The number of allylic oxidation sites excluding steroid dienone is 1. The average molecular weight is 246 g/mol. The molecule has 0 aliphatic carbocycles. The van der Waals surface area contributed by atoms with Crippen molar-refractivity contribution in [1.82, 2.24) is 4.90 Å². The predicted molar refractivity (Wildman–Crippen MR) is 61.0 cm³/mol. The van der Waals surface area contributed by atoms with Crippen LogP contribution in [0.25, 0.3) is 0 Å². The van der Waals surface area contributed by atoms with Crippen LogP contribution in [0.5, 0.6) is 0 Å². The molecule has 1 heterocycles. The number of piperidine rings is 1. The first-order valence-electron chi connectivity index (χ1n) is 5.30. The van der Waals surface area contributed by atoms with Crippen LogP contribution in [0.2, 0.25) is 0 Å². The van der Waals surface area contributed by atoms with E-state index in [-0.39, 0.29) is 5.91 Å². The van der Waals surface area contributed by atoms with Crippen molar-refractivity contribution < 1.29 is 14.3 Å². The van der Waals surface area contributed by atoms with E-state index in [0.717, 1.165) is 12.8 Å². The van der Waals surface area contributed by atoms with E-state index in [1.54, 1.807) is 11.8 Å². The van der Waals surface area contributed by atoms with Crippen LogP contribution in [0.15, 0.2) is 11.8 Å². The maximum Gasteiger partial charge on any atom is 0.332 e. The van der Waals surface area contributed by atoms with E-state index >= 15 is 0 Å². The summed E-state index contributed by atoms with van der Waals surface area (Å²) in [5.41, 5.74) is 0.704. The molecule has 0 unspecified atom stereocenters. The van der Waals surface area contributed by atoms with Gasteiger partial charge < -0.3 is 9.64 Å². The zero-order valence-corrected chi connectivity index (χ0v) is 10.3. The van der Waals surface area contributed by atoms with Crippen LogP contribution in [0.3, 0.4) is 0 Å². The van der Waals surface area contributed by atoms with Gasteiger partial charge >= 0.3 is 5.97 Å². The first kappa shape index (κ1) is 13.0. The van der Waals surface area contributed by atoms with E-state index < -0.39 is 11.3 Å². The number of hydrogen-bond acceptors (Lipinski definition) is 3. The minimum absolute atomic E-state index is 0.156. The number of halogens is 1. The number of likely N-dealkylation sites (tertiary alicyclic amines) is 1. The van der Waals surface area contributed by atoms with Gasteiger partial charge in [-0.15, -0.1) is 11.6 Å². The molecule has 1 aliphatic rings. The average Bonchev–Trinajstić information content (AvgIpc) is 2.28. The molecule has 5 heteroatoms. The summed E-state index contributed by atoms with van der Waals surface area (Å²) in [7, 11) is 1.32. The lowest BCUT2D eigenvalue weighted by atomic mass is 10.1. The molecule has 0 aromatic heterocycles. The summed E-state index contributed by atoms with van der Waals surface area (Å²) in [6.45, 7) is 2.26. The Morgan fingerprint density at radius 3 is 2.75 bits per heavy atom. The largest absolute Gasteiger partial charge is 0.466 e. The summed E-state index contributed by atoms with van der Waals surface area (Å²) < 4.78 is 4.56. The Morgan fingerprint density at radius 2 is 2.19 bits per heavy atom. The number of ether oxygens (including phenoxy) is 1. The Bertz CT molecular complexity index is 312. The molecule has 0 aromatic rings. The highest BCUT2D eigenvalue weighted by molar-refractivity contribution is 6.30. The van der Waals surface area contributed by atoms with Gasteiger partial charge in [-0.05, 0) is 26.2 Å². The first-order valence-corrected chi connectivity index (χ1v) is 5.74. The van der Waals surface area contributed by atoms with Gasteiger partial charge in [0.15, 0.2) is 0 Å². The van der Waals surface area contributed by atoms with Gasteiger partial charge in [-0.25, -0.2) is 4.79 Å². The van der Waals surface area contributed by atoms with Gasteiger partial charge in [0.2, 0.25) is 5.91 Å². The molecule has 0 radical (unpaired) electrons. The molecule has 16 heavy (non-hydrogen) atoms. The highest BCUT2D eigenvalue weighted by Crippen LogP contribution is 2.22. The molecule has 1 amide bonds. The summed E-state index contributed by atoms with van der Waals surface area (Å²) in [5.74, 6) is -0.589. The highest BCUT2D eigenvalue weighted by Gasteiger charge is 2.25. The molecule has 4 nitrogen and oxygen atoms in total. The Hall–Kier alpha value is -1.03. The van der Waals surface area contributed by atoms with E-state index in [1.807, 2.05) is 0 Å². The molecule has 1 saturated heterocycles. The third-order valence-corrected chi connectivity index (χ3v) is 2.69. The van der Waals surface area contributed by atoms with Gasteiger partial charge in [-0.3, -0.25) is 4.79 Å². The quantitative estimate of drug-likeness (QED) is 0.423. The first-order chi connectivity index (χ1) is 7.56.